The second kappa shape index (κ2) is 9.77. The van der Waals surface area contributed by atoms with Gasteiger partial charge < -0.3 is 10.2 Å². The van der Waals surface area contributed by atoms with Crippen LogP contribution < -0.4 is 5.32 Å². The Bertz CT molecular complexity index is 975. The first-order valence-corrected chi connectivity index (χ1v) is 11.0. The Morgan fingerprint density at radius 1 is 1.09 bits per heavy atom. The highest BCUT2D eigenvalue weighted by molar-refractivity contribution is 6.04. The highest BCUT2D eigenvalue weighted by Gasteiger charge is 2.25. The molecule has 0 aliphatic carbocycles. The summed E-state index contributed by atoms with van der Waals surface area (Å²) in [5.41, 5.74) is 3.36. The lowest BCUT2D eigenvalue weighted by atomic mass is 9.91. The van der Waals surface area contributed by atoms with E-state index in [-0.39, 0.29) is 23.0 Å². The number of piperazine rings is 1. The lowest BCUT2D eigenvalue weighted by molar-refractivity contribution is -0.134. The standard InChI is InChI=1S/C25H33FN4O2/c1-17-6-7-19(15-27-17)24(32)28-22-13-21(26)12-20(18(22)2)16-29-8-10-30(11-9-29)23(31)14-25(3,4)5/h6-7,12-13,15H,8-11,14,16H2,1-5H3,(H,28,32). The highest BCUT2D eigenvalue weighted by Crippen LogP contribution is 2.25. The van der Waals surface area contributed by atoms with Crippen molar-refractivity contribution in [2.24, 2.45) is 5.41 Å². The number of rotatable bonds is 5. The van der Waals surface area contributed by atoms with Gasteiger partial charge in [0.2, 0.25) is 5.91 Å². The molecule has 1 fully saturated rings. The number of pyridine rings is 1. The normalized spacial score (nSPS) is 15.0. The van der Waals surface area contributed by atoms with Gasteiger partial charge >= 0.3 is 0 Å². The minimum atomic E-state index is -0.387. The lowest BCUT2D eigenvalue weighted by Crippen LogP contribution is -2.48. The zero-order chi connectivity index (χ0) is 23.5. The zero-order valence-corrected chi connectivity index (χ0v) is 19.7. The van der Waals surface area contributed by atoms with Crippen molar-refractivity contribution < 1.29 is 14.0 Å². The molecule has 1 aliphatic rings. The van der Waals surface area contributed by atoms with E-state index in [1.165, 1.54) is 18.3 Å². The smallest absolute Gasteiger partial charge is 0.257 e. The minimum absolute atomic E-state index is 0.0254. The van der Waals surface area contributed by atoms with Gasteiger partial charge in [0.1, 0.15) is 5.82 Å². The summed E-state index contributed by atoms with van der Waals surface area (Å²) < 4.78 is 14.4. The molecule has 1 N–H and O–H groups in total. The fourth-order valence-electron chi connectivity index (χ4n) is 3.79. The molecular weight excluding hydrogens is 407 g/mol. The maximum Gasteiger partial charge on any atom is 0.257 e. The summed E-state index contributed by atoms with van der Waals surface area (Å²) in [7, 11) is 0. The Balaban J connectivity index is 1.64. The molecule has 0 bridgehead atoms. The fourth-order valence-corrected chi connectivity index (χ4v) is 3.79. The van der Waals surface area contributed by atoms with Crippen molar-refractivity contribution in [3.63, 3.8) is 0 Å². The number of amides is 2. The van der Waals surface area contributed by atoms with Gasteiger partial charge in [-0.05, 0) is 54.7 Å². The first-order chi connectivity index (χ1) is 15.0. The summed E-state index contributed by atoms with van der Waals surface area (Å²) in [6.07, 6.45) is 2.05. The molecule has 0 unspecified atom stereocenters. The highest BCUT2D eigenvalue weighted by atomic mass is 19.1. The van der Waals surface area contributed by atoms with Crippen molar-refractivity contribution in [3.05, 3.63) is 58.7 Å². The van der Waals surface area contributed by atoms with Gasteiger partial charge in [0, 0.05) is 56.7 Å². The van der Waals surface area contributed by atoms with E-state index in [0.717, 1.165) is 29.9 Å². The third kappa shape index (κ3) is 6.36. The monoisotopic (exact) mass is 440 g/mol. The zero-order valence-electron chi connectivity index (χ0n) is 19.7. The second-order valence-electron chi connectivity index (χ2n) is 9.77. The predicted octanol–water partition coefficient (Wildman–Crippen LogP) is 4.17. The van der Waals surface area contributed by atoms with Gasteiger partial charge in [0.05, 0.1) is 5.56 Å². The van der Waals surface area contributed by atoms with Crippen molar-refractivity contribution in [1.82, 2.24) is 14.8 Å². The summed E-state index contributed by atoms with van der Waals surface area (Å²) >= 11 is 0. The molecule has 3 rings (SSSR count). The topological polar surface area (TPSA) is 65.5 Å². The number of benzene rings is 1. The molecule has 172 valence electrons. The van der Waals surface area contributed by atoms with Crippen LogP contribution >= 0.6 is 0 Å². The van der Waals surface area contributed by atoms with Gasteiger partial charge in [0.25, 0.3) is 5.91 Å². The molecule has 0 spiro atoms. The summed E-state index contributed by atoms with van der Waals surface area (Å²) in [5.74, 6) is -0.514. The van der Waals surface area contributed by atoms with Gasteiger partial charge in [-0.3, -0.25) is 19.5 Å². The number of carbonyl (C=O) groups is 2. The second-order valence-corrected chi connectivity index (χ2v) is 9.77. The van der Waals surface area contributed by atoms with Crippen LogP contribution in [-0.4, -0.2) is 52.8 Å². The van der Waals surface area contributed by atoms with Crippen LogP contribution in [0.3, 0.4) is 0 Å². The van der Waals surface area contributed by atoms with E-state index in [2.05, 4.69) is 36.0 Å². The summed E-state index contributed by atoms with van der Waals surface area (Å²) in [5, 5.41) is 2.82. The van der Waals surface area contributed by atoms with Gasteiger partial charge in [-0.1, -0.05) is 20.8 Å². The molecular formula is C25H33FN4O2. The number of nitrogens with zero attached hydrogens (tertiary/aromatic N) is 3. The minimum Gasteiger partial charge on any atom is -0.340 e. The number of nitrogens with one attached hydrogen (secondary N) is 1. The Morgan fingerprint density at radius 3 is 2.38 bits per heavy atom. The summed E-state index contributed by atoms with van der Waals surface area (Å²) in [6, 6.07) is 6.34. The quantitative estimate of drug-likeness (QED) is 0.758. The average molecular weight is 441 g/mol. The number of hydrogen-bond donors (Lipinski definition) is 1. The molecule has 1 saturated heterocycles. The summed E-state index contributed by atoms with van der Waals surface area (Å²) in [4.78, 5) is 33.3. The average Bonchev–Trinajstić information content (AvgIpc) is 2.71. The maximum atomic E-state index is 14.4. The Kier molecular flexibility index (Phi) is 7.29. The molecule has 2 amide bonds. The Hall–Kier alpha value is -2.80. The fraction of sp³-hybridized carbons (Fsp3) is 0.480. The predicted molar refractivity (Wildman–Crippen MR) is 124 cm³/mol. The van der Waals surface area contributed by atoms with Crippen LogP contribution in [0.15, 0.2) is 30.5 Å². The number of halogens is 1. The van der Waals surface area contributed by atoms with E-state index in [1.54, 1.807) is 12.1 Å². The summed E-state index contributed by atoms with van der Waals surface area (Å²) in [6.45, 7) is 13.3. The third-order valence-electron chi connectivity index (χ3n) is 5.70. The van der Waals surface area contributed by atoms with Crippen LogP contribution in [0.1, 0.15) is 54.4 Å². The van der Waals surface area contributed by atoms with Crippen LogP contribution in [-0.2, 0) is 11.3 Å². The molecule has 0 atom stereocenters. The molecule has 0 radical (unpaired) electrons. The van der Waals surface area contributed by atoms with E-state index < -0.39 is 0 Å². The SMILES string of the molecule is Cc1ccc(C(=O)Nc2cc(F)cc(CN3CCN(C(=O)CC(C)(C)C)CC3)c2C)cn1. The van der Waals surface area contributed by atoms with Crippen LogP contribution in [0.2, 0.25) is 0 Å². The molecule has 32 heavy (non-hydrogen) atoms. The molecule has 6 nitrogen and oxygen atoms in total. The molecule has 2 aromatic rings. The molecule has 1 aromatic carbocycles. The molecule has 7 heteroatoms. The Morgan fingerprint density at radius 2 is 1.78 bits per heavy atom. The van der Waals surface area contributed by atoms with Crippen molar-refractivity contribution in [2.45, 2.75) is 47.6 Å². The number of aryl methyl sites for hydroxylation is 1. The first kappa shape index (κ1) is 23.9. The maximum absolute atomic E-state index is 14.4. The molecule has 1 aliphatic heterocycles. The van der Waals surface area contributed by atoms with Gasteiger partial charge in [-0.2, -0.15) is 0 Å². The number of hydrogen-bond acceptors (Lipinski definition) is 4. The van der Waals surface area contributed by atoms with Crippen molar-refractivity contribution in [1.29, 1.82) is 0 Å². The van der Waals surface area contributed by atoms with E-state index >= 15 is 0 Å². The van der Waals surface area contributed by atoms with Gasteiger partial charge in [0.15, 0.2) is 0 Å². The van der Waals surface area contributed by atoms with Crippen LogP contribution in [0.25, 0.3) is 0 Å². The number of anilines is 1. The van der Waals surface area contributed by atoms with E-state index in [9.17, 15) is 14.0 Å². The lowest BCUT2D eigenvalue weighted by Gasteiger charge is -2.36. The van der Waals surface area contributed by atoms with E-state index in [4.69, 9.17) is 0 Å². The molecule has 1 aromatic heterocycles. The van der Waals surface area contributed by atoms with Crippen molar-refractivity contribution >= 4 is 17.5 Å². The van der Waals surface area contributed by atoms with Gasteiger partial charge in [-0.15, -0.1) is 0 Å². The van der Waals surface area contributed by atoms with E-state index in [1.807, 2.05) is 18.7 Å². The van der Waals surface area contributed by atoms with Crippen molar-refractivity contribution in [2.75, 3.05) is 31.5 Å². The van der Waals surface area contributed by atoms with Gasteiger partial charge in [-0.25, -0.2) is 4.39 Å². The third-order valence-corrected chi connectivity index (χ3v) is 5.70. The van der Waals surface area contributed by atoms with E-state index in [0.29, 0.717) is 37.3 Å². The number of aromatic nitrogens is 1. The van der Waals surface area contributed by atoms with Crippen molar-refractivity contribution in [3.8, 4) is 0 Å². The van der Waals surface area contributed by atoms with Crippen LogP contribution in [0.4, 0.5) is 10.1 Å². The number of carbonyl (C=O) groups excluding carboxylic acids is 2. The van der Waals surface area contributed by atoms with Crippen LogP contribution in [0, 0.1) is 25.1 Å². The first-order valence-electron chi connectivity index (χ1n) is 11.0. The molecule has 0 saturated carbocycles. The molecule has 2 heterocycles. The largest absolute Gasteiger partial charge is 0.340 e. The van der Waals surface area contributed by atoms with Crippen LogP contribution in [0.5, 0.6) is 0 Å². The Labute approximate surface area is 189 Å².